The Kier molecular flexibility index (Phi) is 2.25. The third-order valence-corrected chi connectivity index (χ3v) is 2.66. The number of hydrogen-bond acceptors (Lipinski definition) is 3. The van der Waals surface area contributed by atoms with Crippen molar-refractivity contribution in [3.05, 3.63) is 33.1 Å². The summed E-state index contributed by atoms with van der Waals surface area (Å²) >= 11 is 0. The van der Waals surface area contributed by atoms with Crippen molar-refractivity contribution >= 4 is 0 Å². The van der Waals surface area contributed by atoms with E-state index in [0.717, 1.165) is 11.0 Å². The summed E-state index contributed by atoms with van der Waals surface area (Å²) in [6.07, 6.45) is 2.95. The van der Waals surface area contributed by atoms with Crippen LogP contribution in [0.4, 0.5) is 0 Å². The highest BCUT2D eigenvalue weighted by Crippen LogP contribution is 2.27. The molecule has 0 aliphatic heterocycles. The first kappa shape index (κ1) is 9.21. The van der Waals surface area contributed by atoms with E-state index in [0.29, 0.717) is 12.8 Å². The van der Waals surface area contributed by atoms with E-state index in [1.165, 1.54) is 12.3 Å². The van der Waals surface area contributed by atoms with Crippen LogP contribution in [-0.4, -0.2) is 20.8 Å². The number of aromatic nitrogens is 2. The van der Waals surface area contributed by atoms with Gasteiger partial charge in [0.05, 0.1) is 12.1 Å². The number of nitrogens with zero attached hydrogens (tertiary/aromatic N) is 1. The number of H-pyrrole nitrogens is 1. The van der Waals surface area contributed by atoms with Gasteiger partial charge in [-0.2, -0.15) is 0 Å². The fraction of sp³-hybridized carbons (Fsp3) is 0.556. The average molecular weight is 196 g/mol. The predicted molar refractivity (Wildman–Crippen MR) is 50.2 cm³/mol. The largest absolute Gasteiger partial charge is 0.391 e. The molecule has 0 aromatic carbocycles. The first-order chi connectivity index (χ1) is 6.70. The molecule has 0 amide bonds. The summed E-state index contributed by atoms with van der Waals surface area (Å²) in [4.78, 5) is 25.2. The fourth-order valence-electron chi connectivity index (χ4n) is 1.97. The van der Waals surface area contributed by atoms with Crippen LogP contribution < -0.4 is 11.2 Å². The van der Waals surface area contributed by atoms with Crippen LogP contribution in [0.1, 0.15) is 25.3 Å². The van der Waals surface area contributed by atoms with Crippen molar-refractivity contribution in [2.45, 2.75) is 31.4 Å². The minimum atomic E-state index is -0.573. The van der Waals surface area contributed by atoms with Gasteiger partial charge in [0.15, 0.2) is 0 Å². The molecule has 1 saturated carbocycles. The number of nitrogens with one attached hydrogen (secondary N) is 1. The molecule has 5 nitrogen and oxygen atoms in total. The molecule has 2 unspecified atom stereocenters. The van der Waals surface area contributed by atoms with Crippen LogP contribution in [0.2, 0.25) is 0 Å². The van der Waals surface area contributed by atoms with E-state index >= 15 is 0 Å². The van der Waals surface area contributed by atoms with Crippen molar-refractivity contribution in [2.24, 2.45) is 0 Å². The summed E-state index contributed by atoms with van der Waals surface area (Å²) in [7, 11) is 0. The van der Waals surface area contributed by atoms with Crippen LogP contribution >= 0.6 is 0 Å². The zero-order chi connectivity index (χ0) is 10.1. The lowest BCUT2D eigenvalue weighted by Gasteiger charge is -2.15. The molecule has 14 heavy (non-hydrogen) atoms. The molecular weight excluding hydrogens is 184 g/mol. The van der Waals surface area contributed by atoms with Gasteiger partial charge >= 0.3 is 5.69 Å². The molecule has 0 bridgehead atoms. The highest BCUT2D eigenvalue weighted by molar-refractivity contribution is 4.90. The Bertz CT molecular complexity index is 406. The molecule has 1 aromatic rings. The van der Waals surface area contributed by atoms with E-state index in [2.05, 4.69) is 4.98 Å². The first-order valence-electron chi connectivity index (χ1n) is 4.68. The molecular formula is C9H12N2O3. The van der Waals surface area contributed by atoms with Crippen LogP contribution in [0.25, 0.3) is 0 Å². The molecule has 1 aliphatic carbocycles. The molecule has 1 heterocycles. The maximum atomic E-state index is 11.4. The molecule has 1 aliphatic rings. The number of aliphatic hydroxyl groups is 1. The molecule has 0 saturated heterocycles. The first-order valence-corrected chi connectivity index (χ1v) is 4.68. The van der Waals surface area contributed by atoms with Gasteiger partial charge in [-0.3, -0.25) is 9.36 Å². The second kappa shape index (κ2) is 3.42. The van der Waals surface area contributed by atoms with Gasteiger partial charge in [-0.15, -0.1) is 0 Å². The maximum Gasteiger partial charge on any atom is 0.328 e. The van der Waals surface area contributed by atoms with Crippen LogP contribution in [0, 0.1) is 0 Å². The average Bonchev–Trinajstić information content (AvgIpc) is 2.52. The molecule has 1 fully saturated rings. The molecule has 1 aromatic heterocycles. The van der Waals surface area contributed by atoms with E-state index in [1.807, 2.05) is 0 Å². The number of aromatic amines is 1. The van der Waals surface area contributed by atoms with Crippen LogP contribution in [0.5, 0.6) is 0 Å². The summed E-state index contributed by atoms with van der Waals surface area (Å²) in [6, 6.07) is 0.944. The van der Waals surface area contributed by atoms with Gasteiger partial charge in [0.2, 0.25) is 0 Å². The lowest BCUT2D eigenvalue weighted by atomic mass is 10.2. The monoisotopic (exact) mass is 196 g/mol. The van der Waals surface area contributed by atoms with Crippen LogP contribution in [-0.2, 0) is 0 Å². The van der Waals surface area contributed by atoms with Gasteiger partial charge in [-0.05, 0) is 19.3 Å². The van der Waals surface area contributed by atoms with Gasteiger partial charge in [-0.1, -0.05) is 0 Å². The lowest BCUT2D eigenvalue weighted by molar-refractivity contribution is 0.132. The van der Waals surface area contributed by atoms with Gasteiger partial charge in [0.1, 0.15) is 0 Å². The molecule has 5 heteroatoms. The molecule has 0 radical (unpaired) electrons. The van der Waals surface area contributed by atoms with E-state index in [9.17, 15) is 14.7 Å². The van der Waals surface area contributed by atoms with Crippen LogP contribution in [0.3, 0.4) is 0 Å². The summed E-state index contributed by atoms with van der Waals surface area (Å²) in [5, 5.41) is 9.58. The molecule has 2 rings (SSSR count). The second-order valence-electron chi connectivity index (χ2n) is 3.56. The molecule has 2 atom stereocenters. The van der Waals surface area contributed by atoms with E-state index in [-0.39, 0.29) is 11.6 Å². The minimum Gasteiger partial charge on any atom is -0.391 e. The Morgan fingerprint density at radius 1 is 1.43 bits per heavy atom. The van der Waals surface area contributed by atoms with Crippen molar-refractivity contribution in [3.63, 3.8) is 0 Å². The number of hydrogen-bond donors (Lipinski definition) is 2. The number of rotatable bonds is 1. The molecule has 76 valence electrons. The summed E-state index contributed by atoms with van der Waals surface area (Å²) in [5.41, 5.74) is -0.789. The van der Waals surface area contributed by atoms with E-state index < -0.39 is 11.8 Å². The SMILES string of the molecule is O=c1cc[nH]c(=O)n1C1CCCC1O. The van der Waals surface area contributed by atoms with Crippen molar-refractivity contribution in [2.75, 3.05) is 0 Å². The smallest absolute Gasteiger partial charge is 0.328 e. The molecule has 0 spiro atoms. The summed E-state index contributed by atoms with van der Waals surface area (Å²) in [5.74, 6) is 0. The topological polar surface area (TPSA) is 75.1 Å². The van der Waals surface area contributed by atoms with Gasteiger partial charge in [-0.25, -0.2) is 4.79 Å². The van der Waals surface area contributed by atoms with E-state index in [1.54, 1.807) is 0 Å². The Hall–Kier alpha value is -1.36. The zero-order valence-electron chi connectivity index (χ0n) is 7.64. The Labute approximate surface area is 80.0 Å². The highest BCUT2D eigenvalue weighted by atomic mass is 16.3. The van der Waals surface area contributed by atoms with Crippen molar-refractivity contribution in [3.8, 4) is 0 Å². The maximum absolute atomic E-state index is 11.4. The summed E-state index contributed by atoms with van der Waals surface area (Å²) < 4.78 is 1.11. The second-order valence-corrected chi connectivity index (χ2v) is 3.56. The van der Waals surface area contributed by atoms with Gasteiger partial charge in [0, 0.05) is 12.3 Å². The van der Waals surface area contributed by atoms with Gasteiger partial charge in [0.25, 0.3) is 5.56 Å². The van der Waals surface area contributed by atoms with E-state index in [4.69, 9.17) is 0 Å². The zero-order valence-corrected chi connectivity index (χ0v) is 7.64. The third-order valence-electron chi connectivity index (χ3n) is 2.66. The van der Waals surface area contributed by atoms with Crippen molar-refractivity contribution < 1.29 is 5.11 Å². The van der Waals surface area contributed by atoms with Crippen LogP contribution in [0.15, 0.2) is 21.9 Å². The standard InChI is InChI=1S/C9H12N2O3/c12-7-3-1-2-6(7)11-8(13)4-5-10-9(11)14/h4-7,12H,1-3H2,(H,10,14). The normalized spacial score (nSPS) is 26.6. The quantitative estimate of drug-likeness (QED) is 0.643. The Morgan fingerprint density at radius 3 is 2.79 bits per heavy atom. The lowest BCUT2D eigenvalue weighted by Crippen LogP contribution is -2.39. The van der Waals surface area contributed by atoms with Gasteiger partial charge < -0.3 is 10.1 Å². The number of aliphatic hydroxyl groups excluding tert-OH is 1. The van der Waals surface area contributed by atoms with Crippen molar-refractivity contribution in [1.82, 2.24) is 9.55 Å². The highest BCUT2D eigenvalue weighted by Gasteiger charge is 2.28. The third kappa shape index (κ3) is 1.39. The molecule has 2 N–H and O–H groups in total. The fourth-order valence-corrected chi connectivity index (χ4v) is 1.97. The summed E-state index contributed by atoms with van der Waals surface area (Å²) in [6.45, 7) is 0. The predicted octanol–water partition coefficient (Wildman–Crippen LogP) is -0.378. The Balaban J connectivity index is 2.50. The Morgan fingerprint density at radius 2 is 2.21 bits per heavy atom. The minimum absolute atomic E-state index is 0.347. The van der Waals surface area contributed by atoms with Crippen molar-refractivity contribution in [1.29, 1.82) is 0 Å².